The van der Waals surface area contributed by atoms with E-state index in [1.807, 2.05) is 30.3 Å². The van der Waals surface area contributed by atoms with E-state index in [1.54, 1.807) is 0 Å². The molecule has 0 aromatic heterocycles. The maximum atomic E-state index is 2.21. The molecule has 1 nitrogen and oxygen atoms in total. The molecule has 0 aliphatic carbocycles. The van der Waals surface area contributed by atoms with E-state index >= 15 is 0 Å². The van der Waals surface area contributed by atoms with Gasteiger partial charge in [0.1, 0.15) is 0 Å². The molecule has 2 aromatic carbocycles. The molecule has 2 rings (SSSR count). The van der Waals surface area contributed by atoms with Crippen LogP contribution in [0.25, 0.3) is 0 Å². The van der Waals surface area contributed by atoms with Gasteiger partial charge in [0.05, 0.1) is 0 Å². The first-order chi connectivity index (χ1) is 7.74. The van der Waals surface area contributed by atoms with Crippen LogP contribution >= 0.6 is 0 Å². The third-order valence-corrected chi connectivity index (χ3v) is 2.43. The molecule has 0 saturated heterocycles. The Kier molecular flexibility index (Phi) is 8.79. The van der Waals surface area contributed by atoms with Crippen LogP contribution in [0.1, 0.15) is 18.1 Å². The molecule has 0 aliphatic rings. The molecule has 0 radical (unpaired) electrons. The van der Waals surface area contributed by atoms with Gasteiger partial charge in [-0.3, -0.25) is 0 Å². The zero-order valence-corrected chi connectivity index (χ0v) is 11.9. The Morgan fingerprint density at radius 2 is 1.82 bits per heavy atom. The number of aryl methyl sites for hydroxylation is 1. The summed E-state index contributed by atoms with van der Waals surface area (Å²) in [4.78, 5) is 2.20. The van der Waals surface area contributed by atoms with E-state index in [0.717, 1.165) is 13.0 Å². The van der Waals surface area contributed by atoms with Crippen molar-refractivity contribution in [1.82, 2.24) is 4.90 Å². The second-order valence-corrected chi connectivity index (χ2v) is 4.13. The van der Waals surface area contributed by atoms with Crippen molar-refractivity contribution in [2.75, 3.05) is 14.1 Å². The van der Waals surface area contributed by atoms with Crippen LogP contribution in [0.15, 0.2) is 48.5 Å². The first-order valence-corrected chi connectivity index (χ1v) is 5.79. The number of rotatable bonds is 3. The molecule has 0 fully saturated rings. The quantitative estimate of drug-likeness (QED) is 0.610. The average Bonchev–Trinajstić information content (AvgIpc) is 2.89. The van der Waals surface area contributed by atoms with Crippen molar-refractivity contribution in [2.24, 2.45) is 0 Å². The van der Waals surface area contributed by atoms with Crippen LogP contribution in [0.2, 0.25) is 0 Å². The summed E-state index contributed by atoms with van der Waals surface area (Å²) in [6, 6.07) is 16.6. The van der Waals surface area contributed by atoms with Gasteiger partial charge in [0.25, 0.3) is 0 Å². The Morgan fingerprint density at radius 3 is 2.24 bits per heavy atom. The van der Waals surface area contributed by atoms with Crippen molar-refractivity contribution in [3.63, 3.8) is 0 Å². The van der Waals surface area contributed by atoms with Crippen LogP contribution in [0.5, 0.6) is 0 Å². The number of hydrogen-bond donors (Lipinski definition) is 0. The Bertz CT molecular complexity index is 343. The largest absolute Gasteiger partial charge is 2.00 e. The Hall–Kier alpha value is -0.821. The summed E-state index contributed by atoms with van der Waals surface area (Å²) in [6.07, 6.45) is 1.15. The summed E-state index contributed by atoms with van der Waals surface area (Å²) in [7, 11) is 4.21. The minimum absolute atomic E-state index is 0. The van der Waals surface area contributed by atoms with E-state index < -0.39 is 0 Å². The van der Waals surface area contributed by atoms with Gasteiger partial charge in [-0.25, -0.2) is 24.3 Å². The van der Waals surface area contributed by atoms with Gasteiger partial charge in [0.15, 0.2) is 0 Å². The topological polar surface area (TPSA) is 3.24 Å². The summed E-state index contributed by atoms with van der Waals surface area (Å²) in [6.45, 7) is 3.27. The van der Waals surface area contributed by atoms with Crippen molar-refractivity contribution in [1.29, 1.82) is 0 Å². The van der Waals surface area contributed by atoms with Crippen LogP contribution in [-0.2, 0) is 30.0 Å². The van der Waals surface area contributed by atoms with Crippen molar-refractivity contribution < 1.29 is 17.1 Å². The molecule has 0 aliphatic heterocycles. The van der Waals surface area contributed by atoms with E-state index in [1.165, 1.54) is 11.1 Å². The van der Waals surface area contributed by atoms with E-state index in [4.69, 9.17) is 0 Å². The van der Waals surface area contributed by atoms with Crippen LogP contribution in [0.3, 0.4) is 0 Å². The summed E-state index contributed by atoms with van der Waals surface area (Å²) in [5.41, 5.74) is 2.95. The van der Waals surface area contributed by atoms with Crippen LogP contribution in [0.4, 0.5) is 0 Å². The molecule has 0 unspecified atom stereocenters. The third kappa shape index (κ3) is 6.47. The van der Waals surface area contributed by atoms with Crippen LogP contribution in [-0.4, -0.2) is 19.0 Å². The monoisotopic (exact) mass is 271 g/mol. The molecule has 0 spiro atoms. The summed E-state index contributed by atoms with van der Waals surface area (Å²) >= 11 is 0. The summed E-state index contributed by atoms with van der Waals surface area (Å²) < 4.78 is 0. The molecule has 2 aromatic rings. The van der Waals surface area contributed by atoms with Gasteiger partial charge in [-0.15, -0.1) is 0 Å². The van der Waals surface area contributed by atoms with Crippen molar-refractivity contribution in [3.8, 4) is 0 Å². The maximum absolute atomic E-state index is 2.21. The first-order valence-electron chi connectivity index (χ1n) is 5.79. The molecule has 94 valence electrons. The molecule has 0 atom stereocenters. The predicted octanol–water partition coefficient (Wildman–Crippen LogP) is 3.43. The van der Waals surface area contributed by atoms with Crippen molar-refractivity contribution in [2.45, 2.75) is 19.9 Å². The molecule has 17 heavy (non-hydrogen) atoms. The smallest absolute Gasteiger partial charge is 0.307 e. The molecular weight excluding hydrogens is 250 g/mol. The third-order valence-electron chi connectivity index (χ3n) is 2.43. The van der Waals surface area contributed by atoms with Crippen molar-refractivity contribution >= 4 is 0 Å². The van der Waals surface area contributed by atoms with Crippen molar-refractivity contribution in [3.05, 3.63) is 59.7 Å². The van der Waals surface area contributed by atoms with Gasteiger partial charge in [0.2, 0.25) is 0 Å². The second-order valence-electron chi connectivity index (χ2n) is 4.13. The van der Waals surface area contributed by atoms with E-state index in [0.29, 0.717) is 0 Å². The predicted molar refractivity (Wildman–Crippen MR) is 70.8 cm³/mol. The Balaban J connectivity index is 0.000000360. The van der Waals surface area contributed by atoms with Gasteiger partial charge in [-0.05, 0) is 20.6 Å². The maximum Gasteiger partial charge on any atom is 2.00 e. The zero-order valence-electron chi connectivity index (χ0n) is 10.8. The van der Waals surface area contributed by atoms with Crippen LogP contribution in [0, 0.1) is 0 Å². The Morgan fingerprint density at radius 1 is 1.18 bits per heavy atom. The first kappa shape index (κ1) is 16.2. The average molecular weight is 271 g/mol. The van der Waals surface area contributed by atoms with Gasteiger partial charge >= 0.3 is 17.1 Å². The fourth-order valence-corrected chi connectivity index (χ4v) is 1.66. The van der Waals surface area contributed by atoms with Gasteiger partial charge in [0, 0.05) is 0 Å². The minimum atomic E-state index is 0. The van der Waals surface area contributed by atoms with Gasteiger partial charge in [-0.1, -0.05) is 13.3 Å². The fraction of sp³-hybridized carbons (Fsp3) is 0.333. The standard InChI is InChI=1S/C10H16N.C5H5.Fe/c1-4-9-6-5-7-10(9)8-11(2)3;1-2-4-5-3-1;/h5-7H,4,8H2,1-3H3;1-5H;/q2*-1;+2. The Labute approximate surface area is 116 Å². The number of hydrogen-bond acceptors (Lipinski definition) is 1. The van der Waals surface area contributed by atoms with Gasteiger partial charge < -0.3 is 4.90 Å². The normalized spacial score (nSPS) is 9.41. The van der Waals surface area contributed by atoms with Crippen LogP contribution < -0.4 is 0 Å². The van der Waals surface area contributed by atoms with Gasteiger partial charge in [-0.2, -0.15) is 35.4 Å². The molecule has 0 amide bonds. The minimum Gasteiger partial charge on any atom is -0.307 e. The molecule has 0 N–H and O–H groups in total. The SMILES string of the molecule is CC[c-]1cccc1CN(C)C.[Fe+2].c1cc[cH-]c1. The summed E-state index contributed by atoms with van der Waals surface area (Å²) in [5, 5.41) is 0. The molecule has 0 heterocycles. The molecular formula is C15H21FeN. The zero-order chi connectivity index (χ0) is 11.8. The molecule has 0 saturated carbocycles. The molecule has 2 heteroatoms. The fourth-order valence-electron chi connectivity index (χ4n) is 1.66. The second kappa shape index (κ2) is 9.23. The van der Waals surface area contributed by atoms with E-state index in [2.05, 4.69) is 44.1 Å². The van der Waals surface area contributed by atoms with E-state index in [9.17, 15) is 0 Å². The number of nitrogens with zero attached hydrogens (tertiary/aromatic N) is 1. The summed E-state index contributed by atoms with van der Waals surface area (Å²) in [5.74, 6) is 0. The molecule has 0 bridgehead atoms. The van der Waals surface area contributed by atoms with E-state index in [-0.39, 0.29) is 17.1 Å².